The second-order valence-electron chi connectivity index (χ2n) is 7.42. The largest absolute Gasteiger partial charge is 0.376 e. The predicted octanol–water partition coefficient (Wildman–Crippen LogP) is 4.59. The number of aryl methyl sites for hydroxylation is 3. The van der Waals surface area contributed by atoms with Gasteiger partial charge in [0.15, 0.2) is 0 Å². The lowest BCUT2D eigenvalue weighted by Crippen LogP contribution is -2.23. The fourth-order valence-corrected chi connectivity index (χ4v) is 3.42. The summed E-state index contributed by atoms with van der Waals surface area (Å²) in [6, 6.07) is 20.8. The zero-order valence-corrected chi connectivity index (χ0v) is 17.6. The minimum Gasteiger partial charge on any atom is -0.376 e. The predicted molar refractivity (Wildman–Crippen MR) is 122 cm³/mol. The smallest absolute Gasteiger partial charge is 0.251 e. The van der Waals surface area contributed by atoms with E-state index in [1.807, 2.05) is 44.2 Å². The van der Waals surface area contributed by atoms with E-state index in [9.17, 15) is 9.59 Å². The highest BCUT2D eigenvalue weighted by molar-refractivity contribution is 5.96. The first-order valence-corrected chi connectivity index (χ1v) is 9.96. The Morgan fingerprint density at radius 3 is 2.10 bits per heavy atom. The lowest BCUT2D eigenvalue weighted by atomic mass is 10.1. The molecule has 0 saturated heterocycles. The summed E-state index contributed by atoms with van der Waals surface area (Å²) in [5.74, 6) is -0.292. The van der Waals surface area contributed by atoms with Gasteiger partial charge in [0.1, 0.15) is 0 Å². The van der Waals surface area contributed by atoms with Gasteiger partial charge in [0.05, 0.1) is 6.54 Å². The quantitative estimate of drug-likeness (QED) is 0.542. The molecule has 3 aromatic carbocycles. The summed E-state index contributed by atoms with van der Waals surface area (Å²) >= 11 is 0. The van der Waals surface area contributed by atoms with Crippen LogP contribution in [-0.4, -0.2) is 18.4 Å². The summed E-state index contributed by atoms with van der Waals surface area (Å²) in [7, 11) is 0. The van der Waals surface area contributed by atoms with Crippen LogP contribution in [0, 0.1) is 20.8 Å². The van der Waals surface area contributed by atoms with Gasteiger partial charge in [-0.1, -0.05) is 48.0 Å². The van der Waals surface area contributed by atoms with E-state index in [-0.39, 0.29) is 18.4 Å². The molecular formula is C25H27N3O2. The number of rotatable bonds is 7. The van der Waals surface area contributed by atoms with Gasteiger partial charge in [0, 0.05) is 23.5 Å². The molecule has 154 valence electrons. The molecule has 30 heavy (non-hydrogen) atoms. The summed E-state index contributed by atoms with van der Waals surface area (Å²) in [6.07, 6.45) is 0. The molecule has 0 saturated carbocycles. The molecule has 0 bridgehead atoms. The minimum atomic E-state index is -0.149. The third-order valence-corrected chi connectivity index (χ3v) is 4.83. The third-order valence-electron chi connectivity index (χ3n) is 4.83. The van der Waals surface area contributed by atoms with E-state index in [0.717, 1.165) is 22.4 Å². The third kappa shape index (κ3) is 5.70. The first kappa shape index (κ1) is 21.1. The Balaban J connectivity index is 1.51. The van der Waals surface area contributed by atoms with Crippen molar-refractivity contribution < 1.29 is 9.59 Å². The van der Waals surface area contributed by atoms with Crippen molar-refractivity contribution in [3.63, 3.8) is 0 Å². The Bertz CT molecular complexity index is 1010. The second kappa shape index (κ2) is 9.74. The highest BCUT2D eigenvalue weighted by Gasteiger charge is 2.09. The number of hydrogen-bond acceptors (Lipinski definition) is 3. The maximum atomic E-state index is 12.3. The van der Waals surface area contributed by atoms with Crippen molar-refractivity contribution in [3.05, 3.63) is 94.5 Å². The molecule has 3 N–H and O–H groups in total. The van der Waals surface area contributed by atoms with Gasteiger partial charge in [-0.2, -0.15) is 0 Å². The molecular weight excluding hydrogens is 374 g/mol. The fraction of sp³-hybridized carbons (Fsp3) is 0.200. The average molecular weight is 402 g/mol. The van der Waals surface area contributed by atoms with E-state index in [1.54, 1.807) is 24.3 Å². The van der Waals surface area contributed by atoms with E-state index in [1.165, 1.54) is 5.56 Å². The number of anilines is 2. The zero-order valence-electron chi connectivity index (χ0n) is 17.6. The number of nitrogens with one attached hydrogen (secondary N) is 3. The molecule has 0 heterocycles. The van der Waals surface area contributed by atoms with E-state index in [4.69, 9.17) is 0 Å². The molecule has 0 spiro atoms. The molecule has 5 nitrogen and oxygen atoms in total. The highest BCUT2D eigenvalue weighted by atomic mass is 16.2. The zero-order chi connectivity index (χ0) is 21.5. The fourth-order valence-electron chi connectivity index (χ4n) is 3.42. The Morgan fingerprint density at radius 2 is 1.47 bits per heavy atom. The van der Waals surface area contributed by atoms with Crippen LogP contribution in [0.4, 0.5) is 11.4 Å². The molecule has 0 aliphatic carbocycles. The molecule has 0 aliphatic rings. The van der Waals surface area contributed by atoms with Crippen LogP contribution in [0.25, 0.3) is 0 Å². The van der Waals surface area contributed by atoms with Crippen molar-refractivity contribution >= 4 is 23.2 Å². The average Bonchev–Trinajstić information content (AvgIpc) is 2.72. The minimum absolute atomic E-state index is 0.143. The molecule has 0 atom stereocenters. The van der Waals surface area contributed by atoms with Gasteiger partial charge < -0.3 is 16.0 Å². The van der Waals surface area contributed by atoms with Crippen LogP contribution in [0.15, 0.2) is 66.7 Å². The van der Waals surface area contributed by atoms with Crippen LogP contribution < -0.4 is 16.0 Å². The van der Waals surface area contributed by atoms with Crippen molar-refractivity contribution in [3.8, 4) is 0 Å². The van der Waals surface area contributed by atoms with Gasteiger partial charge in [-0.15, -0.1) is 0 Å². The Hall–Kier alpha value is -3.60. The summed E-state index contributed by atoms with van der Waals surface area (Å²) in [4.78, 5) is 24.6. The first-order valence-electron chi connectivity index (χ1n) is 9.96. The van der Waals surface area contributed by atoms with Crippen LogP contribution in [0.2, 0.25) is 0 Å². The summed E-state index contributed by atoms with van der Waals surface area (Å²) in [6.45, 7) is 6.76. The van der Waals surface area contributed by atoms with E-state index in [0.29, 0.717) is 17.8 Å². The van der Waals surface area contributed by atoms with Crippen LogP contribution in [-0.2, 0) is 11.3 Å². The van der Waals surface area contributed by atoms with Gasteiger partial charge in [0.25, 0.3) is 5.91 Å². The lowest BCUT2D eigenvalue weighted by Gasteiger charge is -2.14. The van der Waals surface area contributed by atoms with Gasteiger partial charge in [-0.05, 0) is 61.7 Å². The molecule has 0 aromatic heterocycles. The molecule has 2 amide bonds. The molecule has 0 fully saturated rings. The number of carbonyl (C=O) groups excluding carboxylic acids is 2. The van der Waals surface area contributed by atoms with Gasteiger partial charge in [0.2, 0.25) is 5.91 Å². The Kier molecular flexibility index (Phi) is 6.86. The van der Waals surface area contributed by atoms with Crippen LogP contribution in [0.5, 0.6) is 0 Å². The van der Waals surface area contributed by atoms with E-state index < -0.39 is 0 Å². The van der Waals surface area contributed by atoms with Crippen molar-refractivity contribution in [2.24, 2.45) is 0 Å². The van der Waals surface area contributed by atoms with Crippen molar-refractivity contribution in [1.82, 2.24) is 5.32 Å². The van der Waals surface area contributed by atoms with Gasteiger partial charge in [-0.25, -0.2) is 0 Å². The molecule has 0 radical (unpaired) electrons. The van der Waals surface area contributed by atoms with Crippen molar-refractivity contribution in [1.29, 1.82) is 0 Å². The monoisotopic (exact) mass is 401 g/mol. The summed E-state index contributed by atoms with van der Waals surface area (Å²) < 4.78 is 0. The van der Waals surface area contributed by atoms with Crippen LogP contribution in [0.1, 0.15) is 32.6 Å². The number of carbonyl (C=O) groups is 2. The number of amides is 2. The highest BCUT2D eigenvalue weighted by Crippen LogP contribution is 2.21. The Morgan fingerprint density at radius 1 is 0.833 bits per heavy atom. The summed E-state index contributed by atoms with van der Waals surface area (Å²) in [5, 5.41) is 8.96. The molecule has 3 aromatic rings. The topological polar surface area (TPSA) is 70.2 Å². The molecule has 0 aliphatic heterocycles. The SMILES string of the molecule is Cc1cc(C)c(NCC(=O)Nc2ccc(C(=O)NCc3ccccc3)cc2)c(C)c1. The molecule has 5 heteroatoms. The maximum absolute atomic E-state index is 12.3. The first-order chi connectivity index (χ1) is 14.4. The Labute approximate surface area is 177 Å². The van der Waals surface area contributed by atoms with Crippen LogP contribution >= 0.6 is 0 Å². The van der Waals surface area contributed by atoms with Crippen molar-refractivity contribution in [2.45, 2.75) is 27.3 Å². The van der Waals surface area contributed by atoms with Crippen LogP contribution in [0.3, 0.4) is 0 Å². The number of benzene rings is 3. The van der Waals surface area contributed by atoms with E-state index in [2.05, 4.69) is 35.0 Å². The molecule has 0 unspecified atom stereocenters. The van der Waals surface area contributed by atoms with E-state index >= 15 is 0 Å². The second-order valence-corrected chi connectivity index (χ2v) is 7.42. The number of hydrogen-bond donors (Lipinski definition) is 3. The molecule has 3 rings (SSSR count). The maximum Gasteiger partial charge on any atom is 0.251 e. The van der Waals surface area contributed by atoms with Gasteiger partial charge >= 0.3 is 0 Å². The van der Waals surface area contributed by atoms with Crippen molar-refractivity contribution in [2.75, 3.05) is 17.2 Å². The lowest BCUT2D eigenvalue weighted by molar-refractivity contribution is -0.114. The normalized spacial score (nSPS) is 10.4. The standard InChI is InChI=1S/C25H27N3O2/c1-17-13-18(2)24(19(3)14-17)26-16-23(29)28-22-11-9-21(10-12-22)25(30)27-15-20-7-5-4-6-8-20/h4-14,26H,15-16H2,1-3H3,(H,27,30)(H,28,29). The van der Waals surface area contributed by atoms with Gasteiger partial charge in [-0.3, -0.25) is 9.59 Å². The summed E-state index contributed by atoms with van der Waals surface area (Å²) in [5.41, 5.74) is 6.67.